The van der Waals surface area contributed by atoms with Crippen LogP contribution in [0.3, 0.4) is 0 Å². The quantitative estimate of drug-likeness (QED) is 0.648. The Hall–Kier alpha value is -0.730. The Morgan fingerprint density at radius 2 is 2.00 bits per heavy atom. The van der Waals surface area contributed by atoms with E-state index in [2.05, 4.69) is 12.2 Å². The third kappa shape index (κ3) is 6.27. The molecule has 0 aliphatic carbocycles. The Morgan fingerprint density at radius 3 is 2.67 bits per heavy atom. The fourth-order valence-electron chi connectivity index (χ4n) is 2.02. The molecule has 0 radical (unpaired) electrons. The van der Waals surface area contributed by atoms with Gasteiger partial charge in [0.05, 0.1) is 6.61 Å². The Bertz CT molecular complexity index is 330. The molecule has 0 fully saturated rings. The van der Waals surface area contributed by atoms with Gasteiger partial charge in [0, 0.05) is 16.8 Å². The molecule has 0 bridgehead atoms. The average Bonchev–Trinajstić information content (AvgIpc) is 2.37. The summed E-state index contributed by atoms with van der Waals surface area (Å²) in [6.07, 6.45) is 7.30. The van der Waals surface area contributed by atoms with Crippen molar-refractivity contribution in [3.63, 3.8) is 0 Å². The van der Waals surface area contributed by atoms with E-state index in [1.165, 1.54) is 32.1 Å². The summed E-state index contributed by atoms with van der Waals surface area (Å²) in [6.45, 7) is 2.39. The lowest BCUT2D eigenvalue weighted by Crippen LogP contribution is -2.23. The minimum Gasteiger partial charge on any atom is -0.394 e. The normalized spacial score (nSPS) is 12.4. The standard InChI is InChI=1S/C15H24ClNO/c1-2-3-4-5-6-9-15(12-18)17-14-10-7-8-13(16)11-14/h7-8,10-11,15,17-18H,2-6,9,12H2,1H3. The summed E-state index contributed by atoms with van der Waals surface area (Å²) in [4.78, 5) is 0. The fraction of sp³-hybridized carbons (Fsp3) is 0.600. The summed E-state index contributed by atoms with van der Waals surface area (Å²) in [5.41, 5.74) is 0.982. The second-order valence-corrected chi connectivity index (χ2v) is 5.17. The van der Waals surface area contributed by atoms with Gasteiger partial charge in [0.1, 0.15) is 0 Å². The van der Waals surface area contributed by atoms with Crippen LogP contribution in [0.25, 0.3) is 0 Å². The Kier molecular flexibility index (Phi) is 7.86. The van der Waals surface area contributed by atoms with E-state index in [9.17, 15) is 5.11 Å². The van der Waals surface area contributed by atoms with Crippen LogP contribution < -0.4 is 5.32 Å². The molecule has 1 aromatic rings. The zero-order valence-corrected chi connectivity index (χ0v) is 11.9. The topological polar surface area (TPSA) is 32.3 Å². The van der Waals surface area contributed by atoms with E-state index >= 15 is 0 Å². The van der Waals surface area contributed by atoms with Gasteiger partial charge >= 0.3 is 0 Å². The molecule has 102 valence electrons. The predicted molar refractivity (Wildman–Crippen MR) is 79.3 cm³/mol. The first-order valence-electron chi connectivity index (χ1n) is 6.89. The van der Waals surface area contributed by atoms with Gasteiger partial charge in [-0.3, -0.25) is 0 Å². The van der Waals surface area contributed by atoms with Crippen LogP contribution in [-0.4, -0.2) is 17.8 Å². The van der Waals surface area contributed by atoms with E-state index in [4.69, 9.17) is 11.6 Å². The molecule has 2 N–H and O–H groups in total. The fourth-order valence-corrected chi connectivity index (χ4v) is 2.21. The van der Waals surface area contributed by atoms with Gasteiger partial charge in [-0.1, -0.05) is 56.7 Å². The van der Waals surface area contributed by atoms with Crippen molar-refractivity contribution < 1.29 is 5.11 Å². The maximum Gasteiger partial charge on any atom is 0.0632 e. The molecule has 2 nitrogen and oxygen atoms in total. The van der Waals surface area contributed by atoms with Crippen molar-refractivity contribution in [2.75, 3.05) is 11.9 Å². The van der Waals surface area contributed by atoms with Crippen molar-refractivity contribution in [2.45, 2.75) is 51.5 Å². The second-order valence-electron chi connectivity index (χ2n) is 4.74. The molecule has 3 heteroatoms. The number of nitrogens with one attached hydrogen (secondary N) is 1. The molecule has 0 aliphatic rings. The second kappa shape index (κ2) is 9.23. The molecule has 1 rings (SSSR count). The molecule has 1 atom stereocenters. The number of hydrogen-bond donors (Lipinski definition) is 2. The van der Waals surface area contributed by atoms with E-state index in [-0.39, 0.29) is 12.6 Å². The maximum atomic E-state index is 9.36. The minimum atomic E-state index is 0.130. The molecule has 0 saturated heterocycles. The molecule has 0 heterocycles. The minimum absolute atomic E-state index is 0.130. The van der Waals surface area contributed by atoms with Crippen LogP contribution in [0.2, 0.25) is 5.02 Å². The molecule has 0 spiro atoms. The van der Waals surface area contributed by atoms with Crippen LogP contribution >= 0.6 is 11.6 Å². The molecule has 1 aromatic carbocycles. The van der Waals surface area contributed by atoms with E-state index in [1.807, 2.05) is 24.3 Å². The molecule has 0 aromatic heterocycles. The SMILES string of the molecule is CCCCCCCC(CO)Nc1cccc(Cl)c1. The molecule has 0 saturated carbocycles. The summed E-state index contributed by atoms with van der Waals surface area (Å²) in [5, 5.41) is 13.4. The van der Waals surface area contributed by atoms with Gasteiger partial charge in [0.25, 0.3) is 0 Å². The van der Waals surface area contributed by atoms with Crippen LogP contribution in [0.5, 0.6) is 0 Å². The zero-order chi connectivity index (χ0) is 13.2. The summed E-state index contributed by atoms with van der Waals surface area (Å²) in [5.74, 6) is 0. The highest BCUT2D eigenvalue weighted by atomic mass is 35.5. The zero-order valence-electron chi connectivity index (χ0n) is 11.2. The van der Waals surface area contributed by atoms with Gasteiger partial charge in [-0.2, -0.15) is 0 Å². The highest BCUT2D eigenvalue weighted by Crippen LogP contribution is 2.17. The van der Waals surface area contributed by atoms with Crippen molar-refractivity contribution in [1.29, 1.82) is 0 Å². The molecule has 0 aliphatic heterocycles. The lowest BCUT2D eigenvalue weighted by molar-refractivity contribution is 0.266. The van der Waals surface area contributed by atoms with Crippen molar-refractivity contribution >= 4 is 17.3 Å². The summed E-state index contributed by atoms with van der Waals surface area (Å²) in [7, 11) is 0. The first-order chi connectivity index (χ1) is 8.76. The van der Waals surface area contributed by atoms with Crippen LogP contribution in [-0.2, 0) is 0 Å². The van der Waals surface area contributed by atoms with Gasteiger partial charge < -0.3 is 10.4 Å². The van der Waals surface area contributed by atoms with Gasteiger partial charge in [-0.15, -0.1) is 0 Å². The van der Waals surface area contributed by atoms with Gasteiger partial charge in [0.15, 0.2) is 0 Å². The lowest BCUT2D eigenvalue weighted by Gasteiger charge is -2.17. The summed E-state index contributed by atoms with van der Waals surface area (Å²) < 4.78 is 0. The smallest absolute Gasteiger partial charge is 0.0632 e. The van der Waals surface area contributed by atoms with Crippen LogP contribution in [0.4, 0.5) is 5.69 Å². The van der Waals surface area contributed by atoms with Crippen LogP contribution in [0.1, 0.15) is 45.4 Å². The molecule has 1 unspecified atom stereocenters. The highest BCUT2D eigenvalue weighted by molar-refractivity contribution is 6.30. The molecular weight excluding hydrogens is 246 g/mol. The van der Waals surface area contributed by atoms with Crippen molar-refractivity contribution in [1.82, 2.24) is 0 Å². The van der Waals surface area contributed by atoms with E-state index in [0.717, 1.165) is 17.1 Å². The average molecular weight is 270 g/mol. The first-order valence-corrected chi connectivity index (χ1v) is 7.27. The third-order valence-electron chi connectivity index (χ3n) is 3.07. The Morgan fingerprint density at radius 1 is 1.22 bits per heavy atom. The number of rotatable bonds is 9. The van der Waals surface area contributed by atoms with Crippen molar-refractivity contribution in [2.24, 2.45) is 0 Å². The number of halogens is 1. The van der Waals surface area contributed by atoms with Crippen molar-refractivity contribution in [3.8, 4) is 0 Å². The molecule has 18 heavy (non-hydrogen) atoms. The van der Waals surface area contributed by atoms with Gasteiger partial charge in [-0.05, 0) is 24.6 Å². The van der Waals surface area contributed by atoms with E-state index in [1.54, 1.807) is 0 Å². The monoisotopic (exact) mass is 269 g/mol. The number of aliphatic hydroxyl groups is 1. The van der Waals surface area contributed by atoms with Crippen LogP contribution in [0, 0.1) is 0 Å². The third-order valence-corrected chi connectivity index (χ3v) is 3.31. The van der Waals surface area contributed by atoms with Gasteiger partial charge in [0.2, 0.25) is 0 Å². The maximum absolute atomic E-state index is 9.36. The first kappa shape index (κ1) is 15.3. The molecule has 0 amide bonds. The number of aliphatic hydroxyl groups excluding tert-OH is 1. The number of anilines is 1. The number of unbranched alkanes of at least 4 members (excludes halogenated alkanes) is 4. The van der Waals surface area contributed by atoms with Crippen molar-refractivity contribution in [3.05, 3.63) is 29.3 Å². The Labute approximate surface area is 115 Å². The highest BCUT2D eigenvalue weighted by Gasteiger charge is 2.06. The molecular formula is C15H24ClNO. The summed E-state index contributed by atoms with van der Waals surface area (Å²) >= 11 is 5.93. The lowest BCUT2D eigenvalue weighted by atomic mass is 10.1. The van der Waals surface area contributed by atoms with E-state index in [0.29, 0.717) is 0 Å². The predicted octanol–water partition coefficient (Wildman–Crippen LogP) is 4.47. The van der Waals surface area contributed by atoms with E-state index < -0.39 is 0 Å². The largest absolute Gasteiger partial charge is 0.394 e. The summed E-state index contributed by atoms with van der Waals surface area (Å²) in [6, 6.07) is 7.77. The van der Waals surface area contributed by atoms with Gasteiger partial charge in [-0.25, -0.2) is 0 Å². The Balaban J connectivity index is 2.28. The number of benzene rings is 1. The number of hydrogen-bond acceptors (Lipinski definition) is 2. The van der Waals surface area contributed by atoms with Crippen LogP contribution in [0.15, 0.2) is 24.3 Å².